The van der Waals surface area contributed by atoms with E-state index in [0.717, 1.165) is 19.5 Å². The summed E-state index contributed by atoms with van der Waals surface area (Å²) in [7, 11) is 3.55. The van der Waals surface area contributed by atoms with Gasteiger partial charge in [0.2, 0.25) is 11.8 Å². The van der Waals surface area contributed by atoms with Gasteiger partial charge in [-0.1, -0.05) is 34.6 Å². The van der Waals surface area contributed by atoms with Crippen molar-refractivity contribution in [3.05, 3.63) is 0 Å². The van der Waals surface area contributed by atoms with Gasteiger partial charge >= 0.3 is 0 Å². The fourth-order valence-electron chi connectivity index (χ4n) is 2.49. The average Bonchev–Trinajstić information content (AvgIpc) is 2.21. The molecule has 0 aromatic heterocycles. The van der Waals surface area contributed by atoms with E-state index in [9.17, 15) is 9.59 Å². The molecule has 0 aliphatic carbocycles. The van der Waals surface area contributed by atoms with Crippen molar-refractivity contribution < 1.29 is 9.59 Å². The van der Waals surface area contributed by atoms with Gasteiger partial charge in [-0.15, -0.1) is 0 Å². The van der Waals surface area contributed by atoms with E-state index >= 15 is 0 Å². The van der Waals surface area contributed by atoms with E-state index in [2.05, 4.69) is 34.6 Å². The van der Waals surface area contributed by atoms with E-state index in [1.54, 1.807) is 19.0 Å². The molecule has 2 amide bonds. The van der Waals surface area contributed by atoms with Gasteiger partial charge in [-0.25, -0.2) is 0 Å². The summed E-state index contributed by atoms with van der Waals surface area (Å²) < 4.78 is 0. The van der Waals surface area contributed by atoms with Gasteiger partial charge in [-0.05, 0) is 23.2 Å². The quantitative estimate of drug-likeness (QED) is 0.782. The second kappa shape index (κ2) is 6.37. The summed E-state index contributed by atoms with van der Waals surface area (Å²) in [5.74, 6) is 0.981. The van der Waals surface area contributed by atoms with Crippen LogP contribution in [0, 0.1) is 16.7 Å². The van der Waals surface area contributed by atoms with Crippen LogP contribution >= 0.6 is 0 Å². The molecular formula is C17H32N2O2. The molecule has 122 valence electrons. The molecule has 0 saturated carbocycles. The van der Waals surface area contributed by atoms with E-state index in [4.69, 9.17) is 0 Å². The highest BCUT2D eigenvalue weighted by Crippen LogP contribution is 2.35. The molecule has 0 N–H and O–H groups in total. The lowest BCUT2D eigenvalue weighted by molar-refractivity contribution is -0.141. The Balaban J connectivity index is 2.35. The van der Waals surface area contributed by atoms with Gasteiger partial charge in [-0.3, -0.25) is 9.59 Å². The molecule has 0 spiro atoms. The van der Waals surface area contributed by atoms with Crippen molar-refractivity contribution in [1.29, 1.82) is 0 Å². The zero-order chi connectivity index (χ0) is 16.4. The zero-order valence-electron chi connectivity index (χ0n) is 14.8. The predicted molar refractivity (Wildman–Crippen MR) is 85.9 cm³/mol. The minimum Gasteiger partial charge on any atom is -0.349 e. The van der Waals surface area contributed by atoms with Crippen LogP contribution < -0.4 is 0 Å². The van der Waals surface area contributed by atoms with Gasteiger partial charge in [-0.2, -0.15) is 0 Å². The van der Waals surface area contributed by atoms with Crippen molar-refractivity contribution in [2.45, 2.75) is 53.9 Å². The minimum absolute atomic E-state index is 0.120. The number of hydrogen-bond acceptors (Lipinski definition) is 2. The summed E-state index contributed by atoms with van der Waals surface area (Å²) in [5.41, 5.74) is 0.166. The molecule has 4 heteroatoms. The number of rotatable bonds is 5. The standard InChI is InChI=1S/C17H32N2O2/c1-16(2,3)13-11-19(12-13)14(20)8-9-17(4,5)10-15(21)18(6)7/h13H,8-12H2,1-7H3. The highest BCUT2D eigenvalue weighted by molar-refractivity contribution is 5.78. The molecular weight excluding hydrogens is 264 g/mol. The smallest absolute Gasteiger partial charge is 0.222 e. The maximum absolute atomic E-state index is 12.2. The molecule has 0 aromatic rings. The predicted octanol–water partition coefficient (Wildman–Crippen LogP) is 2.78. The first-order chi connectivity index (χ1) is 9.42. The van der Waals surface area contributed by atoms with Crippen molar-refractivity contribution in [3.63, 3.8) is 0 Å². The third-order valence-corrected chi connectivity index (χ3v) is 4.60. The van der Waals surface area contributed by atoms with Crippen molar-refractivity contribution in [3.8, 4) is 0 Å². The molecule has 1 aliphatic heterocycles. The summed E-state index contributed by atoms with van der Waals surface area (Å²) in [5, 5.41) is 0. The number of carbonyl (C=O) groups excluding carboxylic acids is 2. The molecule has 1 fully saturated rings. The van der Waals surface area contributed by atoms with Gasteiger partial charge in [0.1, 0.15) is 0 Å². The molecule has 1 rings (SSSR count). The molecule has 4 nitrogen and oxygen atoms in total. The Morgan fingerprint density at radius 1 is 1.10 bits per heavy atom. The van der Waals surface area contributed by atoms with Crippen LogP contribution in [0.3, 0.4) is 0 Å². The van der Waals surface area contributed by atoms with Crippen LogP contribution in [-0.2, 0) is 9.59 Å². The second-order valence-corrected chi connectivity index (χ2v) is 8.49. The van der Waals surface area contributed by atoms with E-state index < -0.39 is 0 Å². The van der Waals surface area contributed by atoms with Gasteiger partial charge in [0.25, 0.3) is 0 Å². The Kier molecular flexibility index (Phi) is 5.46. The Morgan fingerprint density at radius 3 is 2.05 bits per heavy atom. The molecule has 1 aliphatic rings. The lowest BCUT2D eigenvalue weighted by Gasteiger charge is -2.46. The van der Waals surface area contributed by atoms with E-state index in [-0.39, 0.29) is 22.6 Å². The molecule has 0 unspecified atom stereocenters. The van der Waals surface area contributed by atoms with Gasteiger partial charge in [0, 0.05) is 40.0 Å². The van der Waals surface area contributed by atoms with Gasteiger partial charge in [0.15, 0.2) is 0 Å². The highest BCUT2D eigenvalue weighted by atomic mass is 16.2. The number of hydrogen-bond donors (Lipinski definition) is 0. The van der Waals surface area contributed by atoms with Gasteiger partial charge < -0.3 is 9.80 Å². The Labute approximate surface area is 129 Å². The summed E-state index contributed by atoms with van der Waals surface area (Å²) in [6, 6.07) is 0. The third kappa shape index (κ3) is 5.33. The first-order valence-corrected chi connectivity index (χ1v) is 7.90. The average molecular weight is 296 g/mol. The molecule has 0 atom stereocenters. The zero-order valence-corrected chi connectivity index (χ0v) is 14.8. The Hall–Kier alpha value is -1.06. The summed E-state index contributed by atoms with van der Waals surface area (Å²) >= 11 is 0. The molecule has 0 aromatic carbocycles. The lowest BCUT2D eigenvalue weighted by Crippen LogP contribution is -2.54. The second-order valence-electron chi connectivity index (χ2n) is 8.49. The molecule has 0 radical (unpaired) electrons. The molecule has 0 bridgehead atoms. The Morgan fingerprint density at radius 2 is 1.62 bits per heavy atom. The highest BCUT2D eigenvalue weighted by Gasteiger charge is 2.38. The number of nitrogens with zero attached hydrogens (tertiary/aromatic N) is 2. The maximum atomic E-state index is 12.2. The van der Waals surface area contributed by atoms with E-state index in [1.807, 2.05) is 4.90 Å². The summed E-state index contributed by atoms with van der Waals surface area (Å²) in [6.07, 6.45) is 1.81. The van der Waals surface area contributed by atoms with Crippen molar-refractivity contribution in [2.75, 3.05) is 27.2 Å². The Bertz CT molecular complexity index is 388. The molecule has 1 heterocycles. The summed E-state index contributed by atoms with van der Waals surface area (Å²) in [6.45, 7) is 12.6. The first kappa shape index (κ1) is 18.0. The van der Waals surface area contributed by atoms with Crippen LogP contribution in [0.1, 0.15) is 53.9 Å². The minimum atomic E-state index is -0.120. The van der Waals surface area contributed by atoms with E-state index in [0.29, 0.717) is 18.8 Å². The van der Waals surface area contributed by atoms with Crippen molar-refractivity contribution in [1.82, 2.24) is 9.80 Å². The fraction of sp³-hybridized carbons (Fsp3) is 0.882. The van der Waals surface area contributed by atoms with Crippen LogP contribution in [0.25, 0.3) is 0 Å². The molecule has 21 heavy (non-hydrogen) atoms. The lowest BCUT2D eigenvalue weighted by atomic mass is 9.75. The van der Waals surface area contributed by atoms with Crippen LogP contribution in [-0.4, -0.2) is 48.8 Å². The number of likely N-dealkylation sites (tertiary alicyclic amines) is 1. The summed E-state index contributed by atoms with van der Waals surface area (Å²) in [4.78, 5) is 27.6. The van der Waals surface area contributed by atoms with Crippen LogP contribution in [0.5, 0.6) is 0 Å². The topological polar surface area (TPSA) is 40.6 Å². The van der Waals surface area contributed by atoms with Gasteiger partial charge in [0.05, 0.1) is 0 Å². The number of carbonyl (C=O) groups is 2. The third-order valence-electron chi connectivity index (χ3n) is 4.60. The SMILES string of the molecule is CN(C)C(=O)CC(C)(C)CCC(=O)N1CC(C(C)(C)C)C1. The van der Waals surface area contributed by atoms with Crippen molar-refractivity contribution in [2.24, 2.45) is 16.7 Å². The largest absolute Gasteiger partial charge is 0.349 e. The maximum Gasteiger partial charge on any atom is 0.222 e. The molecule has 1 saturated heterocycles. The van der Waals surface area contributed by atoms with Crippen molar-refractivity contribution >= 4 is 11.8 Å². The first-order valence-electron chi connectivity index (χ1n) is 7.90. The fourth-order valence-corrected chi connectivity index (χ4v) is 2.49. The number of amides is 2. The van der Waals surface area contributed by atoms with Crippen LogP contribution in [0.15, 0.2) is 0 Å². The van der Waals surface area contributed by atoms with Crippen LogP contribution in [0.2, 0.25) is 0 Å². The van der Waals surface area contributed by atoms with E-state index in [1.165, 1.54) is 0 Å². The monoisotopic (exact) mass is 296 g/mol. The van der Waals surface area contributed by atoms with Crippen LogP contribution in [0.4, 0.5) is 0 Å². The normalized spacial score (nSPS) is 16.6.